The molecule has 0 spiro atoms. The third kappa shape index (κ3) is 8.88. The van der Waals surface area contributed by atoms with Crippen LogP contribution in [0.5, 0.6) is 5.75 Å². The Labute approximate surface area is 184 Å². The van der Waals surface area contributed by atoms with E-state index in [4.69, 9.17) is 4.74 Å². The van der Waals surface area contributed by atoms with Crippen LogP contribution < -0.4 is 15.4 Å². The van der Waals surface area contributed by atoms with E-state index in [2.05, 4.69) is 40.1 Å². The van der Waals surface area contributed by atoms with E-state index in [1.54, 1.807) is 7.05 Å². The maximum Gasteiger partial charge on any atom is 0.191 e. The molecule has 0 aliphatic carbocycles. The van der Waals surface area contributed by atoms with E-state index < -0.39 is 0 Å². The molecule has 0 fully saturated rings. The van der Waals surface area contributed by atoms with E-state index in [9.17, 15) is 0 Å². The van der Waals surface area contributed by atoms with Crippen LogP contribution in [-0.2, 0) is 0 Å². The zero-order chi connectivity index (χ0) is 18.5. The summed E-state index contributed by atoms with van der Waals surface area (Å²) in [6, 6.07) is 18.5. The summed E-state index contributed by atoms with van der Waals surface area (Å²) in [4.78, 5) is 4.25. The van der Waals surface area contributed by atoms with Gasteiger partial charge in [0.05, 0.1) is 6.54 Å². The Bertz CT molecular complexity index is 667. The van der Waals surface area contributed by atoms with Crippen LogP contribution in [0.4, 0.5) is 0 Å². The number of hydrogen-bond donors (Lipinski definition) is 2. The number of halogens is 1. The Morgan fingerprint density at radius 2 is 1.67 bits per heavy atom. The van der Waals surface area contributed by atoms with E-state index in [0.29, 0.717) is 13.2 Å². The van der Waals surface area contributed by atoms with Crippen molar-refractivity contribution in [3.8, 4) is 16.9 Å². The molecule has 0 atom stereocenters. The number of unbranched alkanes of at least 4 members (excludes halogenated alkanes) is 1. The van der Waals surface area contributed by atoms with Gasteiger partial charge in [0.1, 0.15) is 12.4 Å². The summed E-state index contributed by atoms with van der Waals surface area (Å²) in [6.45, 7) is 2.22. The topological polar surface area (TPSA) is 45.7 Å². The fraction of sp³-hybridized carbons (Fsp3) is 0.381. The largest absolute Gasteiger partial charge is 0.491 e. The molecule has 148 valence electrons. The molecule has 0 unspecified atom stereocenters. The molecule has 0 saturated heterocycles. The van der Waals surface area contributed by atoms with Crippen molar-refractivity contribution in [2.45, 2.75) is 12.8 Å². The quantitative estimate of drug-likeness (QED) is 0.216. The number of thioether (sulfide) groups is 1. The molecule has 2 N–H and O–H groups in total. The van der Waals surface area contributed by atoms with Crippen LogP contribution in [0.25, 0.3) is 11.1 Å². The highest BCUT2D eigenvalue weighted by atomic mass is 127. The van der Waals surface area contributed by atoms with Gasteiger partial charge in [-0.3, -0.25) is 4.99 Å². The second-order valence-corrected chi connectivity index (χ2v) is 6.82. The number of aliphatic imine (C=N–C) groups is 1. The minimum Gasteiger partial charge on any atom is -0.491 e. The zero-order valence-electron chi connectivity index (χ0n) is 16.1. The first-order valence-corrected chi connectivity index (χ1v) is 10.4. The lowest BCUT2D eigenvalue weighted by atomic mass is 10.1. The number of nitrogens with one attached hydrogen (secondary N) is 2. The van der Waals surface area contributed by atoms with Crippen molar-refractivity contribution in [2.24, 2.45) is 4.99 Å². The molecule has 0 bridgehead atoms. The summed E-state index contributed by atoms with van der Waals surface area (Å²) in [5, 5.41) is 6.64. The molecule has 2 rings (SSSR count). The second-order valence-electron chi connectivity index (χ2n) is 5.84. The van der Waals surface area contributed by atoms with Gasteiger partial charge >= 0.3 is 0 Å². The molecule has 27 heavy (non-hydrogen) atoms. The van der Waals surface area contributed by atoms with E-state index in [-0.39, 0.29) is 24.0 Å². The summed E-state index contributed by atoms with van der Waals surface area (Å²) in [7, 11) is 1.79. The molecular formula is C21H30IN3OS. The smallest absolute Gasteiger partial charge is 0.191 e. The Hall–Kier alpha value is -1.41. The lowest BCUT2D eigenvalue weighted by molar-refractivity contribution is 0.323. The number of hydrogen-bond acceptors (Lipinski definition) is 3. The van der Waals surface area contributed by atoms with Gasteiger partial charge in [-0.25, -0.2) is 0 Å². The van der Waals surface area contributed by atoms with Crippen molar-refractivity contribution in [3.05, 3.63) is 54.6 Å². The van der Waals surface area contributed by atoms with Crippen molar-refractivity contribution in [1.29, 1.82) is 0 Å². The number of guanidine groups is 1. The van der Waals surface area contributed by atoms with Crippen molar-refractivity contribution in [1.82, 2.24) is 10.6 Å². The Morgan fingerprint density at radius 3 is 2.41 bits per heavy atom. The predicted octanol–water partition coefficient (Wildman–Crippen LogP) is 4.66. The van der Waals surface area contributed by atoms with Crippen LogP contribution in [0.2, 0.25) is 0 Å². The van der Waals surface area contributed by atoms with Gasteiger partial charge in [0.25, 0.3) is 0 Å². The van der Waals surface area contributed by atoms with Gasteiger partial charge in [0.2, 0.25) is 0 Å². The van der Waals surface area contributed by atoms with Gasteiger partial charge in [0, 0.05) is 19.2 Å². The molecular weight excluding hydrogens is 469 g/mol. The van der Waals surface area contributed by atoms with Crippen LogP contribution in [-0.4, -0.2) is 44.7 Å². The van der Waals surface area contributed by atoms with Crippen molar-refractivity contribution < 1.29 is 4.74 Å². The number of para-hydroxylation sites is 1. The van der Waals surface area contributed by atoms with E-state index in [1.807, 2.05) is 48.2 Å². The van der Waals surface area contributed by atoms with Gasteiger partial charge in [-0.1, -0.05) is 48.5 Å². The standard InChI is InChI=1S/C21H29N3OS.HI/c1-22-21(23-14-8-9-17-26-2)24-15-16-25-20-13-7-6-12-19(20)18-10-4-3-5-11-18;/h3-7,10-13H,8-9,14-17H2,1-2H3,(H2,22,23,24);1H. The first-order valence-electron chi connectivity index (χ1n) is 9.06. The number of benzene rings is 2. The molecule has 4 nitrogen and oxygen atoms in total. The fourth-order valence-corrected chi connectivity index (χ4v) is 3.07. The molecule has 2 aromatic carbocycles. The summed E-state index contributed by atoms with van der Waals surface area (Å²) in [5.41, 5.74) is 2.28. The first kappa shape index (κ1) is 23.6. The highest BCUT2D eigenvalue weighted by Gasteiger charge is 2.05. The van der Waals surface area contributed by atoms with Gasteiger partial charge in [-0.15, -0.1) is 24.0 Å². The molecule has 2 aromatic rings. The SMILES string of the molecule is CN=C(NCCCCSC)NCCOc1ccccc1-c1ccccc1.I. The van der Waals surface area contributed by atoms with Crippen molar-refractivity contribution >= 4 is 41.7 Å². The minimum absolute atomic E-state index is 0. The van der Waals surface area contributed by atoms with Crippen LogP contribution >= 0.6 is 35.7 Å². The molecule has 6 heteroatoms. The third-order valence-electron chi connectivity index (χ3n) is 3.92. The van der Waals surface area contributed by atoms with Crippen molar-refractivity contribution in [2.75, 3.05) is 38.8 Å². The Balaban J connectivity index is 0.00000364. The lowest BCUT2D eigenvalue weighted by Gasteiger charge is -2.14. The third-order valence-corrected chi connectivity index (χ3v) is 4.61. The Morgan fingerprint density at radius 1 is 0.963 bits per heavy atom. The average molecular weight is 499 g/mol. The molecule has 0 radical (unpaired) electrons. The highest BCUT2D eigenvalue weighted by molar-refractivity contribution is 14.0. The van der Waals surface area contributed by atoms with Gasteiger partial charge in [-0.2, -0.15) is 11.8 Å². The first-order chi connectivity index (χ1) is 12.8. The molecule has 0 aliphatic rings. The second kappa shape index (κ2) is 14.6. The predicted molar refractivity (Wildman–Crippen MR) is 130 cm³/mol. The molecule has 0 amide bonds. The molecule has 0 saturated carbocycles. The monoisotopic (exact) mass is 499 g/mol. The van der Waals surface area contributed by atoms with Crippen LogP contribution in [0.3, 0.4) is 0 Å². The zero-order valence-corrected chi connectivity index (χ0v) is 19.3. The highest BCUT2D eigenvalue weighted by Crippen LogP contribution is 2.29. The summed E-state index contributed by atoms with van der Waals surface area (Å²) in [5.74, 6) is 2.94. The maximum absolute atomic E-state index is 6.00. The number of ether oxygens (including phenoxy) is 1. The summed E-state index contributed by atoms with van der Waals surface area (Å²) in [6.07, 6.45) is 4.52. The van der Waals surface area contributed by atoms with Gasteiger partial charge < -0.3 is 15.4 Å². The van der Waals surface area contributed by atoms with Gasteiger partial charge in [0.15, 0.2) is 5.96 Å². The summed E-state index contributed by atoms with van der Waals surface area (Å²) < 4.78 is 6.00. The van der Waals surface area contributed by atoms with E-state index in [1.165, 1.54) is 17.7 Å². The number of nitrogens with zero attached hydrogens (tertiary/aromatic N) is 1. The van der Waals surface area contributed by atoms with E-state index >= 15 is 0 Å². The summed E-state index contributed by atoms with van der Waals surface area (Å²) >= 11 is 1.89. The van der Waals surface area contributed by atoms with Crippen molar-refractivity contribution in [3.63, 3.8) is 0 Å². The Kier molecular flexibility index (Phi) is 12.8. The maximum atomic E-state index is 6.00. The number of rotatable bonds is 10. The molecule has 0 heterocycles. The average Bonchev–Trinajstić information content (AvgIpc) is 2.70. The molecule has 0 aliphatic heterocycles. The van der Waals surface area contributed by atoms with Crippen LogP contribution in [0, 0.1) is 0 Å². The van der Waals surface area contributed by atoms with Crippen LogP contribution in [0.1, 0.15) is 12.8 Å². The minimum atomic E-state index is 0. The van der Waals surface area contributed by atoms with Crippen LogP contribution in [0.15, 0.2) is 59.6 Å². The lowest BCUT2D eigenvalue weighted by Crippen LogP contribution is -2.39. The normalized spacial score (nSPS) is 10.8. The fourth-order valence-electron chi connectivity index (χ4n) is 2.58. The van der Waals surface area contributed by atoms with Gasteiger partial charge in [-0.05, 0) is 36.5 Å². The molecule has 0 aromatic heterocycles. The van der Waals surface area contributed by atoms with E-state index in [0.717, 1.165) is 30.2 Å².